The summed E-state index contributed by atoms with van der Waals surface area (Å²) in [5.74, 6) is 0.786. The Morgan fingerprint density at radius 2 is 2.58 bits per heavy atom. The zero-order valence-corrected chi connectivity index (χ0v) is 8.47. The summed E-state index contributed by atoms with van der Waals surface area (Å²) >= 11 is 8.50. The largest absolute Gasteiger partial charge is 0.216 e. The number of halogens is 1. The van der Waals surface area contributed by atoms with E-state index in [4.69, 9.17) is 16.9 Å². The van der Waals surface area contributed by atoms with E-state index in [1.165, 1.54) is 23.1 Å². The molecule has 0 unspecified atom stereocenters. The molecule has 0 fully saturated rings. The van der Waals surface area contributed by atoms with Crippen LogP contribution in [0, 0.1) is 11.3 Å². The third-order valence-electron chi connectivity index (χ3n) is 0.992. The molecule has 62 valence electrons. The van der Waals surface area contributed by atoms with Crippen molar-refractivity contribution in [3.63, 3.8) is 0 Å². The second-order valence-electron chi connectivity index (χ2n) is 1.81. The molecule has 0 bridgehead atoms. The Hall–Kier alpha value is -0.500. The van der Waals surface area contributed by atoms with Crippen LogP contribution in [0.4, 0.5) is 0 Å². The van der Waals surface area contributed by atoms with E-state index in [1.807, 2.05) is 6.07 Å². The van der Waals surface area contributed by atoms with Crippen molar-refractivity contribution >= 4 is 34.7 Å². The van der Waals surface area contributed by atoms with Gasteiger partial charge in [0.15, 0.2) is 9.49 Å². The summed E-state index contributed by atoms with van der Waals surface area (Å²) in [5.41, 5.74) is 0. The number of hydrogen-bond donors (Lipinski definition) is 0. The molecular weight excluding hydrogens is 212 g/mol. The highest BCUT2D eigenvalue weighted by molar-refractivity contribution is 8.01. The SMILES string of the molecule is C=CCSc1nc(Cl)c(C#N)s1. The number of hydrogen-bond acceptors (Lipinski definition) is 4. The molecule has 1 heterocycles. The van der Waals surface area contributed by atoms with E-state index in [0.29, 0.717) is 10.0 Å². The molecule has 0 radical (unpaired) electrons. The number of thiazole rings is 1. The molecule has 5 heteroatoms. The van der Waals surface area contributed by atoms with E-state index in [-0.39, 0.29) is 0 Å². The second-order valence-corrected chi connectivity index (χ2v) is 4.44. The quantitative estimate of drug-likeness (QED) is 0.576. The third-order valence-corrected chi connectivity index (χ3v) is 3.48. The minimum Gasteiger partial charge on any atom is -0.216 e. The monoisotopic (exact) mass is 216 g/mol. The highest BCUT2D eigenvalue weighted by Gasteiger charge is 2.07. The average molecular weight is 217 g/mol. The lowest BCUT2D eigenvalue weighted by molar-refractivity contribution is 1.25. The highest BCUT2D eigenvalue weighted by atomic mass is 35.5. The Morgan fingerprint density at radius 1 is 1.83 bits per heavy atom. The van der Waals surface area contributed by atoms with Gasteiger partial charge in [-0.3, -0.25) is 0 Å². The first kappa shape index (κ1) is 9.59. The average Bonchev–Trinajstić information content (AvgIpc) is 2.43. The Bertz CT molecular complexity index is 327. The van der Waals surface area contributed by atoms with Crippen molar-refractivity contribution in [1.29, 1.82) is 5.26 Å². The molecule has 0 N–H and O–H groups in total. The van der Waals surface area contributed by atoms with Crippen LogP contribution in [0.2, 0.25) is 5.15 Å². The summed E-state index contributed by atoms with van der Waals surface area (Å²) in [4.78, 5) is 4.47. The van der Waals surface area contributed by atoms with Crippen LogP contribution in [0.5, 0.6) is 0 Å². The molecule has 12 heavy (non-hydrogen) atoms. The Kier molecular flexibility index (Phi) is 3.60. The third kappa shape index (κ3) is 2.24. The Morgan fingerprint density at radius 3 is 3.08 bits per heavy atom. The molecule has 1 aromatic rings. The molecule has 0 aliphatic carbocycles. The second kappa shape index (κ2) is 4.51. The fourth-order valence-corrected chi connectivity index (χ4v) is 2.48. The number of nitrogens with zero attached hydrogens (tertiary/aromatic N) is 2. The van der Waals surface area contributed by atoms with E-state index in [9.17, 15) is 0 Å². The molecule has 0 aliphatic heterocycles. The maximum Gasteiger partial charge on any atom is 0.159 e. The zero-order valence-electron chi connectivity index (χ0n) is 6.08. The van der Waals surface area contributed by atoms with Crippen molar-refractivity contribution in [1.82, 2.24) is 4.98 Å². The first-order valence-corrected chi connectivity index (χ1v) is 5.26. The summed E-state index contributed by atoms with van der Waals surface area (Å²) in [6.07, 6.45) is 1.78. The fourth-order valence-electron chi connectivity index (χ4n) is 0.544. The van der Waals surface area contributed by atoms with Gasteiger partial charge in [-0.2, -0.15) is 5.26 Å². The van der Waals surface area contributed by atoms with Crippen LogP contribution in [0.1, 0.15) is 4.88 Å². The van der Waals surface area contributed by atoms with Crippen molar-refractivity contribution in [3.05, 3.63) is 22.7 Å². The van der Waals surface area contributed by atoms with Gasteiger partial charge in [-0.05, 0) is 0 Å². The van der Waals surface area contributed by atoms with Gasteiger partial charge in [0, 0.05) is 5.75 Å². The molecule has 0 saturated heterocycles. The van der Waals surface area contributed by atoms with Crippen molar-refractivity contribution < 1.29 is 0 Å². The molecule has 0 aliphatic rings. The lowest BCUT2D eigenvalue weighted by atomic mass is 10.6. The molecule has 0 atom stereocenters. The van der Waals surface area contributed by atoms with Gasteiger partial charge in [-0.25, -0.2) is 4.98 Å². The van der Waals surface area contributed by atoms with Crippen LogP contribution < -0.4 is 0 Å². The summed E-state index contributed by atoms with van der Waals surface area (Å²) in [6, 6.07) is 1.98. The van der Waals surface area contributed by atoms with Crippen molar-refractivity contribution in [2.24, 2.45) is 0 Å². The molecule has 2 nitrogen and oxygen atoms in total. The van der Waals surface area contributed by atoms with Gasteiger partial charge in [0.25, 0.3) is 0 Å². The molecule has 0 spiro atoms. The van der Waals surface area contributed by atoms with Gasteiger partial charge >= 0.3 is 0 Å². The fraction of sp³-hybridized carbons (Fsp3) is 0.143. The predicted molar refractivity (Wildman–Crippen MR) is 52.8 cm³/mol. The number of aromatic nitrogens is 1. The van der Waals surface area contributed by atoms with Crippen molar-refractivity contribution in [3.8, 4) is 6.07 Å². The lowest BCUT2D eigenvalue weighted by Gasteiger charge is -1.86. The molecule has 1 rings (SSSR count). The van der Waals surface area contributed by atoms with Crippen molar-refractivity contribution in [2.45, 2.75) is 4.34 Å². The summed E-state index contributed by atoms with van der Waals surface area (Å²) in [7, 11) is 0. The van der Waals surface area contributed by atoms with Gasteiger partial charge in [0.05, 0.1) is 0 Å². The minimum atomic E-state index is 0.300. The van der Waals surface area contributed by atoms with E-state index >= 15 is 0 Å². The van der Waals surface area contributed by atoms with Gasteiger partial charge < -0.3 is 0 Å². The summed E-state index contributed by atoms with van der Waals surface area (Å²) in [5, 5.41) is 8.86. The first-order valence-electron chi connectivity index (χ1n) is 3.08. The first-order chi connectivity index (χ1) is 5.77. The normalized spacial score (nSPS) is 9.33. The minimum absolute atomic E-state index is 0.300. The van der Waals surface area contributed by atoms with Crippen LogP contribution in [0.15, 0.2) is 17.0 Å². The molecule has 0 saturated carbocycles. The van der Waals surface area contributed by atoms with Crippen LogP contribution >= 0.6 is 34.7 Å². The predicted octanol–water partition coefficient (Wildman–Crippen LogP) is 2.95. The lowest BCUT2D eigenvalue weighted by Crippen LogP contribution is -1.70. The zero-order chi connectivity index (χ0) is 8.97. The van der Waals surface area contributed by atoms with Gasteiger partial charge in [-0.15, -0.1) is 6.58 Å². The number of rotatable bonds is 3. The maximum absolute atomic E-state index is 8.56. The van der Waals surface area contributed by atoms with Gasteiger partial charge in [-0.1, -0.05) is 40.8 Å². The summed E-state index contributed by atoms with van der Waals surface area (Å²) < 4.78 is 0.816. The number of thioether (sulfide) groups is 1. The van der Waals surface area contributed by atoms with Crippen LogP contribution in [0.25, 0.3) is 0 Å². The van der Waals surface area contributed by atoms with Gasteiger partial charge in [0.1, 0.15) is 10.9 Å². The standard InChI is InChI=1S/C7H5ClN2S2/c1-2-3-11-7-10-6(8)5(4-9)12-7/h2H,1,3H2. The van der Waals surface area contributed by atoms with E-state index < -0.39 is 0 Å². The summed E-state index contributed by atoms with van der Waals surface area (Å²) in [6.45, 7) is 3.58. The molecule has 0 amide bonds. The smallest absolute Gasteiger partial charge is 0.159 e. The molecule has 1 aromatic heterocycles. The van der Waals surface area contributed by atoms with Crippen LogP contribution in [-0.2, 0) is 0 Å². The van der Waals surface area contributed by atoms with E-state index in [1.54, 1.807) is 6.08 Å². The van der Waals surface area contributed by atoms with E-state index in [2.05, 4.69) is 11.6 Å². The van der Waals surface area contributed by atoms with Crippen LogP contribution in [-0.4, -0.2) is 10.7 Å². The Balaban J connectivity index is 2.76. The maximum atomic E-state index is 8.56. The number of nitriles is 1. The van der Waals surface area contributed by atoms with E-state index in [0.717, 1.165) is 10.1 Å². The van der Waals surface area contributed by atoms with Crippen molar-refractivity contribution in [2.75, 3.05) is 5.75 Å². The molecular formula is C7H5ClN2S2. The van der Waals surface area contributed by atoms with Gasteiger partial charge in [0.2, 0.25) is 0 Å². The Labute approximate surface area is 83.9 Å². The van der Waals surface area contributed by atoms with Crippen LogP contribution in [0.3, 0.4) is 0 Å². The molecule has 0 aromatic carbocycles. The highest BCUT2D eigenvalue weighted by Crippen LogP contribution is 2.29. The topological polar surface area (TPSA) is 36.7 Å².